The van der Waals surface area contributed by atoms with Gasteiger partial charge in [-0.3, -0.25) is 15.4 Å². The van der Waals surface area contributed by atoms with E-state index in [0.717, 1.165) is 12.1 Å². The van der Waals surface area contributed by atoms with Crippen molar-refractivity contribution in [1.29, 1.82) is 0 Å². The predicted molar refractivity (Wildman–Crippen MR) is 95.6 cm³/mol. The van der Waals surface area contributed by atoms with Crippen molar-refractivity contribution in [2.24, 2.45) is 0 Å². The maximum Gasteiger partial charge on any atom is 0.417 e. The number of carbonyl (C=O) groups is 1. The summed E-state index contributed by atoms with van der Waals surface area (Å²) in [6.45, 7) is 0. The molecule has 0 fully saturated rings. The summed E-state index contributed by atoms with van der Waals surface area (Å²) in [7, 11) is 0. The highest BCUT2D eigenvalue weighted by molar-refractivity contribution is 5.86. The first-order chi connectivity index (χ1) is 13.4. The van der Waals surface area contributed by atoms with Crippen LogP contribution >= 0.6 is 0 Å². The topological polar surface area (TPSA) is 90.7 Å². The second-order valence-corrected chi connectivity index (χ2v) is 5.47. The van der Waals surface area contributed by atoms with Crippen LogP contribution in [0.5, 0.6) is 17.2 Å². The highest BCUT2D eigenvalue weighted by Crippen LogP contribution is 2.25. The van der Waals surface area contributed by atoms with E-state index in [1.54, 1.807) is 0 Å². The van der Waals surface area contributed by atoms with Gasteiger partial charge in [-0.1, -0.05) is 0 Å². The molecule has 28 heavy (non-hydrogen) atoms. The summed E-state index contributed by atoms with van der Waals surface area (Å²) in [4.78, 5) is 21.9. The highest BCUT2D eigenvalue weighted by atomic mass is 19.2. The third kappa shape index (κ3) is 4.79. The smallest absolute Gasteiger partial charge is 0.417 e. The molecular weight excluding hydrogens is 374 g/mol. The molecule has 0 spiro atoms. The van der Waals surface area contributed by atoms with Gasteiger partial charge in [-0.2, -0.15) is 0 Å². The van der Waals surface area contributed by atoms with E-state index in [1.807, 2.05) is 0 Å². The molecule has 3 aromatic rings. The number of carbonyl (C=O) groups excluding carboxylic acids is 1. The number of hydrogen-bond donors (Lipinski definition) is 1. The van der Waals surface area contributed by atoms with Crippen LogP contribution in [-0.2, 0) is 0 Å². The summed E-state index contributed by atoms with van der Waals surface area (Å²) < 4.78 is 36.5. The van der Waals surface area contributed by atoms with Crippen LogP contribution < -0.4 is 14.8 Å². The summed E-state index contributed by atoms with van der Waals surface area (Å²) >= 11 is 0. The Kier molecular flexibility index (Phi) is 5.45. The third-order valence-electron chi connectivity index (χ3n) is 3.49. The second kappa shape index (κ2) is 8.12. The number of rotatable bonds is 5. The highest BCUT2D eigenvalue weighted by Gasteiger charge is 2.09. The molecule has 3 aromatic carbocycles. The first-order valence-corrected chi connectivity index (χ1v) is 7.87. The van der Waals surface area contributed by atoms with E-state index in [1.165, 1.54) is 54.6 Å². The van der Waals surface area contributed by atoms with Gasteiger partial charge in [-0.25, -0.2) is 13.6 Å². The molecular formula is C19H12F2N2O5. The number of nitrogens with one attached hydrogen (secondary N) is 1. The van der Waals surface area contributed by atoms with Gasteiger partial charge in [0.2, 0.25) is 0 Å². The number of halogens is 2. The number of nitro groups is 1. The van der Waals surface area contributed by atoms with E-state index in [4.69, 9.17) is 9.47 Å². The van der Waals surface area contributed by atoms with Gasteiger partial charge in [0, 0.05) is 23.9 Å². The Labute approximate surface area is 157 Å². The molecule has 1 N–H and O–H groups in total. The van der Waals surface area contributed by atoms with Gasteiger partial charge in [0.15, 0.2) is 11.6 Å². The van der Waals surface area contributed by atoms with Crippen LogP contribution in [0.1, 0.15) is 0 Å². The maximum absolute atomic E-state index is 13.2. The summed E-state index contributed by atoms with van der Waals surface area (Å²) in [5.41, 5.74) is 0.272. The monoisotopic (exact) mass is 386 g/mol. The number of hydrogen-bond acceptors (Lipinski definition) is 5. The van der Waals surface area contributed by atoms with Crippen molar-refractivity contribution in [2.45, 2.75) is 0 Å². The Bertz CT molecular complexity index is 1010. The quantitative estimate of drug-likeness (QED) is 0.476. The summed E-state index contributed by atoms with van der Waals surface area (Å²) in [5.74, 6) is -1.39. The maximum atomic E-state index is 13.2. The zero-order valence-electron chi connectivity index (χ0n) is 14.1. The SMILES string of the molecule is O=C(Nc1ccc(Oc2ccc(F)c(F)c2)cc1)Oc1ccc([N+](=O)[O-])cc1. The molecule has 0 aliphatic rings. The number of anilines is 1. The Morgan fingerprint density at radius 1 is 0.857 bits per heavy atom. The lowest BCUT2D eigenvalue weighted by molar-refractivity contribution is -0.384. The molecule has 0 unspecified atom stereocenters. The fraction of sp³-hybridized carbons (Fsp3) is 0. The van der Waals surface area contributed by atoms with Crippen LogP contribution in [0.25, 0.3) is 0 Å². The number of nitrogens with zero attached hydrogens (tertiary/aromatic N) is 1. The minimum atomic E-state index is -1.02. The molecule has 0 aromatic heterocycles. The normalized spacial score (nSPS) is 10.2. The number of ether oxygens (including phenoxy) is 2. The van der Waals surface area contributed by atoms with Crippen LogP contribution in [-0.4, -0.2) is 11.0 Å². The molecule has 0 aliphatic carbocycles. The summed E-state index contributed by atoms with van der Waals surface area (Å²) in [5, 5.41) is 13.1. The average molecular weight is 386 g/mol. The Morgan fingerprint density at radius 3 is 2.07 bits per heavy atom. The Hall–Kier alpha value is -4.01. The third-order valence-corrected chi connectivity index (χ3v) is 3.49. The van der Waals surface area contributed by atoms with Gasteiger partial charge < -0.3 is 9.47 Å². The van der Waals surface area contributed by atoms with E-state index in [-0.39, 0.29) is 17.2 Å². The lowest BCUT2D eigenvalue weighted by Crippen LogP contribution is -2.16. The van der Waals surface area contributed by atoms with Gasteiger partial charge in [0.1, 0.15) is 17.2 Å². The van der Waals surface area contributed by atoms with Gasteiger partial charge >= 0.3 is 6.09 Å². The van der Waals surface area contributed by atoms with Crippen molar-refractivity contribution < 1.29 is 28.0 Å². The first kappa shape index (κ1) is 18.8. The molecule has 0 bridgehead atoms. The molecule has 142 valence electrons. The van der Waals surface area contributed by atoms with Gasteiger partial charge in [0.25, 0.3) is 5.69 Å². The van der Waals surface area contributed by atoms with Crippen molar-refractivity contribution in [3.63, 3.8) is 0 Å². The molecule has 9 heteroatoms. The van der Waals surface area contributed by atoms with Crippen molar-refractivity contribution in [3.8, 4) is 17.2 Å². The summed E-state index contributed by atoms with van der Waals surface area (Å²) in [6, 6.07) is 14.3. The molecule has 0 saturated heterocycles. The van der Waals surface area contributed by atoms with E-state index < -0.39 is 22.7 Å². The minimum Gasteiger partial charge on any atom is -0.457 e. The zero-order chi connectivity index (χ0) is 20.1. The number of nitro benzene ring substituents is 1. The predicted octanol–water partition coefficient (Wildman–Crippen LogP) is 5.28. The van der Waals surface area contributed by atoms with Crippen LogP contribution in [0, 0.1) is 21.7 Å². The zero-order valence-corrected chi connectivity index (χ0v) is 14.1. The van der Waals surface area contributed by atoms with Gasteiger partial charge in [-0.15, -0.1) is 0 Å². The van der Waals surface area contributed by atoms with Crippen molar-refractivity contribution in [1.82, 2.24) is 0 Å². The van der Waals surface area contributed by atoms with E-state index in [0.29, 0.717) is 11.4 Å². The fourth-order valence-electron chi connectivity index (χ4n) is 2.17. The molecule has 7 nitrogen and oxygen atoms in total. The van der Waals surface area contributed by atoms with Gasteiger partial charge in [0.05, 0.1) is 4.92 Å². The average Bonchev–Trinajstić information content (AvgIpc) is 2.67. The first-order valence-electron chi connectivity index (χ1n) is 7.87. The number of amides is 1. The van der Waals surface area contributed by atoms with E-state index in [2.05, 4.69) is 5.32 Å². The Morgan fingerprint density at radius 2 is 1.46 bits per heavy atom. The number of non-ortho nitro benzene ring substituents is 1. The lowest BCUT2D eigenvalue weighted by Gasteiger charge is -2.09. The van der Waals surface area contributed by atoms with Crippen molar-refractivity contribution >= 4 is 17.5 Å². The Balaban J connectivity index is 1.58. The van der Waals surface area contributed by atoms with E-state index >= 15 is 0 Å². The molecule has 1 amide bonds. The molecule has 0 heterocycles. The van der Waals surface area contributed by atoms with Crippen LogP contribution in [0.4, 0.5) is 25.0 Å². The fourth-order valence-corrected chi connectivity index (χ4v) is 2.17. The van der Waals surface area contributed by atoms with Gasteiger partial charge in [-0.05, 0) is 48.5 Å². The largest absolute Gasteiger partial charge is 0.457 e. The summed E-state index contributed by atoms with van der Waals surface area (Å²) in [6.07, 6.45) is -0.789. The van der Waals surface area contributed by atoms with Crippen LogP contribution in [0.15, 0.2) is 66.7 Å². The second-order valence-electron chi connectivity index (χ2n) is 5.47. The molecule has 3 rings (SSSR count). The molecule has 0 atom stereocenters. The lowest BCUT2D eigenvalue weighted by atomic mass is 10.3. The number of benzene rings is 3. The molecule has 0 aliphatic heterocycles. The van der Waals surface area contributed by atoms with Crippen LogP contribution in [0.2, 0.25) is 0 Å². The molecule has 0 saturated carbocycles. The molecule has 0 radical (unpaired) electrons. The van der Waals surface area contributed by atoms with E-state index in [9.17, 15) is 23.7 Å². The van der Waals surface area contributed by atoms with Crippen molar-refractivity contribution in [2.75, 3.05) is 5.32 Å². The van der Waals surface area contributed by atoms with Crippen molar-refractivity contribution in [3.05, 3.63) is 88.5 Å². The minimum absolute atomic E-state index is 0.121. The van der Waals surface area contributed by atoms with Crippen LogP contribution in [0.3, 0.4) is 0 Å². The standard InChI is InChI=1S/C19H12F2N2O5/c20-17-10-9-16(11-18(17)21)27-14-5-1-12(2-6-14)22-19(24)28-15-7-3-13(4-8-15)23(25)26/h1-11H,(H,22,24).